The van der Waals surface area contributed by atoms with Gasteiger partial charge in [0.05, 0.1) is 6.04 Å². The summed E-state index contributed by atoms with van der Waals surface area (Å²) in [4.78, 5) is 30.0. The van der Waals surface area contributed by atoms with Gasteiger partial charge in [0.1, 0.15) is 12.2 Å². The highest BCUT2D eigenvalue weighted by Gasteiger charge is 2.29. The standard InChI is InChI=1S/C16H19N5O2/c1-11(22)12-5-4-6-13(9-12)19-16(23)21-8-3-2-7-14(21)15-17-10-18-20-15/h4-6,9-10,14H,2-3,7-8H2,1H3,(H,19,23)(H,17,18,20)/t14-/m1/s1. The molecule has 2 heterocycles. The molecule has 0 spiro atoms. The van der Waals surface area contributed by atoms with Crippen LogP contribution in [-0.2, 0) is 0 Å². The van der Waals surface area contributed by atoms with E-state index in [9.17, 15) is 9.59 Å². The van der Waals surface area contributed by atoms with E-state index >= 15 is 0 Å². The van der Waals surface area contributed by atoms with Gasteiger partial charge in [-0.25, -0.2) is 9.78 Å². The van der Waals surface area contributed by atoms with Crippen molar-refractivity contribution in [1.82, 2.24) is 20.1 Å². The molecule has 0 saturated carbocycles. The summed E-state index contributed by atoms with van der Waals surface area (Å²) < 4.78 is 0. The number of Topliss-reactive ketones (excluding diaryl/α,β-unsaturated/α-hetero) is 1. The first-order valence-corrected chi connectivity index (χ1v) is 7.69. The van der Waals surface area contributed by atoms with E-state index in [1.165, 1.54) is 13.3 Å². The number of H-pyrrole nitrogens is 1. The van der Waals surface area contributed by atoms with Crippen molar-refractivity contribution in [3.8, 4) is 0 Å². The van der Waals surface area contributed by atoms with Gasteiger partial charge in [0, 0.05) is 17.8 Å². The molecule has 1 aromatic heterocycles. The van der Waals surface area contributed by atoms with Gasteiger partial charge in [0.2, 0.25) is 0 Å². The molecule has 1 aliphatic heterocycles. The highest BCUT2D eigenvalue weighted by Crippen LogP contribution is 2.29. The highest BCUT2D eigenvalue weighted by molar-refractivity contribution is 5.96. The molecule has 1 fully saturated rings. The number of anilines is 1. The number of likely N-dealkylation sites (tertiary alicyclic amines) is 1. The van der Waals surface area contributed by atoms with Crippen molar-refractivity contribution in [2.75, 3.05) is 11.9 Å². The Labute approximate surface area is 134 Å². The SMILES string of the molecule is CC(=O)c1cccc(NC(=O)N2CCCC[C@@H]2c2ncn[nH]2)c1. The number of nitrogens with one attached hydrogen (secondary N) is 2. The fraction of sp³-hybridized carbons (Fsp3) is 0.375. The normalized spacial score (nSPS) is 17.8. The van der Waals surface area contributed by atoms with Crippen LogP contribution in [0.25, 0.3) is 0 Å². The number of nitrogens with zero attached hydrogens (tertiary/aromatic N) is 3. The fourth-order valence-corrected chi connectivity index (χ4v) is 2.85. The number of aromatic amines is 1. The average molecular weight is 313 g/mol. The number of hydrogen-bond acceptors (Lipinski definition) is 4. The minimum Gasteiger partial charge on any atom is -0.314 e. The monoisotopic (exact) mass is 313 g/mol. The van der Waals surface area contributed by atoms with Crippen LogP contribution in [0.3, 0.4) is 0 Å². The average Bonchev–Trinajstić information content (AvgIpc) is 3.09. The third kappa shape index (κ3) is 3.39. The van der Waals surface area contributed by atoms with Crippen molar-refractivity contribution in [3.63, 3.8) is 0 Å². The lowest BCUT2D eigenvalue weighted by Crippen LogP contribution is -2.41. The number of rotatable bonds is 3. The largest absolute Gasteiger partial charge is 0.322 e. The van der Waals surface area contributed by atoms with Gasteiger partial charge in [-0.05, 0) is 38.3 Å². The number of benzene rings is 1. The molecule has 120 valence electrons. The number of urea groups is 1. The number of aromatic nitrogens is 3. The lowest BCUT2D eigenvalue weighted by atomic mass is 10.0. The lowest BCUT2D eigenvalue weighted by Gasteiger charge is -2.34. The zero-order valence-corrected chi connectivity index (χ0v) is 13.0. The third-order valence-corrected chi connectivity index (χ3v) is 4.03. The highest BCUT2D eigenvalue weighted by atomic mass is 16.2. The summed E-state index contributed by atoms with van der Waals surface area (Å²) in [5.41, 5.74) is 1.19. The molecule has 0 radical (unpaired) electrons. The summed E-state index contributed by atoms with van der Waals surface area (Å²) in [5.74, 6) is 0.677. The Hall–Kier alpha value is -2.70. The fourth-order valence-electron chi connectivity index (χ4n) is 2.85. The number of hydrogen-bond donors (Lipinski definition) is 2. The molecule has 7 heteroatoms. The molecule has 1 aliphatic rings. The molecule has 2 N–H and O–H groups in total. The second kappa shape index (κ2) is 6.60. The first kappa shape index (κ1) is 15.2. The topological polar surface area (TPSA) is 91.0 Å². The minimum atomic E-state index is -0.188. The van der Waals surface area contributed by atoms with Crippen LogP contribution in [0, 0.1) is 0 Å². The number of carbonyl (C=O) groups is 2. The van der Waals surface area contributed by atoms with Crippen molar-refractivity contribution < 1.29 is 9.59 Å². The number of piperidine rings is 1. The Morgan fingerprint density at radius 1 is 1.35 bits per heavy atom. The van der Waals surface area contributed by atoms with Gasteiger partial charge in [-0.15, -0.1) is 0 Å². The van der Waals surface area contributed by atoms with E-state index in [0.717, 1.165) is 19.3 Å². The van der Waals surface area contributed by atoms with E-state index < -0.39 is 0 Å². The van der Waals surface area contributed by atoms with Gasteiger partial charge in [-0.1, -0.05) is 12.1 Å². The molecule has 0 aliphatic carbocycles. The molecule has 7 nitrogen and oxygen atoms in total. The maximum absolute atomic E-state index is 12.6. The van der Waals surface area contributed by atoms with Gasteiger partial charge in [0.15, 0.2) is 5.78 Å². The lowest BCUT2D eigenvalue weighted by molar-refractivity contribution is 0.101. The molecule has 3 rings (SSSR count). The Kier molecular flexibility index (Phi) is 4.36. The Morgan fingerprint density at radius 3 is 2.96 bits per heavy atom. The van der Waals surface area contributed by atoms with Gasteiger partial charge < -0.3 is 10.2 Å². The van der Waals surface area contributed by atoms with E-state index in [0.29, 0.717) is 23.6 Å². The quantitative estimate of drug-likeness (QED) is 0.852. The van der Waals surface area contributed by atoms with Gasteiger partial charge >= 0.3 is 6.03 Å². The molecular weight excluding hydrogens is 294 g/mol. The predicted molar refractivity (Wildman–Crippen MR) is 85.1 cm³/mol. The summed E-state index contributed by atoms with van der Waals surface area (Å²) >= 11 is 0. The summed E-state index contributed by atoms with van der Waals surface area (Å²) in [6, 6.07) is 6.67. The number of carbonyl (C=O) groups excluding carboxylic acids is 2. The van der Waals surface area contributed by atoms with Crippen LogP contribution in [0.1, 0.15) is 48.4 Å². The van der Waals surface area contributed by atoms with E-state index in [4.69, 9.17) is 0 Å². The summed E-state index contributed by atoms with van der Waals surface area (Å²) in [6.07, 6.45) is 4.33. The van der Waals surface area contributed by atoms with Crippen molar-refractivity contribution in [1.29, 1.82) is 0 Å². The van der Waals surface area contributed by atoms with Crippen LogP contribution in [0.5, 0.6) is 0 Å². The molecule has 23 heavy (non-hydrogen) atoms. The van der Waals surface area contributed by atoms with Crippen molar-refractivity contribution >= 4 is 17.5 Å². The van der Waals surface area contributed by atoms with Crippen LogP contribution in [0.4, 0.5) is 10.5 Å². The maximum Gasteiger partial charge on any atom is 0.322 e. The molecule has 2 aromatic rings. The molecule has 1 aromatic carbocycles. The second-order valence-electron chi connectivity index (χ2n) is 5.64. The van der Waals surface area contributed by atoms with Crippen LogP contribution < -0.4 is 5.32 Å². The van der Waals surface area contributed by atoms with Gasteiger partial charge in [-0.2, -0.15) is 5.10 Å². The van der Waals surface area contributed by atoms with Crippen molar-refractivity contribution in [2.45, 2.75) is 32.2 Å². The Bertz CT molecular complexity index is 698. The van der Waals surface area contributed by atoms with Gasteiger partial charge in [-0.3, -0.25) is 9.89 Å². The molecular formula is C16H19N5O2. The minimum absolute atomic E-state index is 0.0291. The molecule has 0 unspecified atom stereocenters. The second-order valence-corrected chi connectivity index (χ2v) is 5.64. The van der Waals surface area contributed by atoms with Crippen molar-refractivity contribution in [2.24, 2.45) is 0 Å². The molecule has 1 atom stereocenters. The first-order chi connectivity index (χ1) is 11.1. The zero-order valence-electron chi connectivity index (χ0n) is 13.0. The van der Waals surface area contributed by atoms with Crippen LogP contribution in [0.15, 0.2) is 30.6 Å². The van der Waals surface area contributed by atoms with Gasteiger partial charge in [0.25, 0.3) is 0 Å². The van der Waals surface area contributed by atoms with E-state index in [1.54, 1.807) is 29.2 Å². The summed E-state index contributed by atoms with van der Waals surface area (Å²) in [5, 5.41) is 9.60. The smallest absolute Gasteiger partial charge is 0.314 e. The van der Waals surface area contributed by atoms with Crippen LogP contribution >= 0.6 is 0 Å². The molecule has 0 bridgehead atoms. The zero-order chi connectivity index (χ0) is 16.2. The number of ketones is 1. The van der Waals surface area contributed by atoms with Crippen molar-refractivity contribution in [3.05, 3.63) is 42.0 Å². The van der Waals surface area contributed by atoms with E-state index in [1.807, 2.05) is 0 Å². The maximum atomic E-state index is 12.6. The number of amides is 2. The van der Waals surface area contributed by atoms with Crippen LogP contribution in [0.2, 0.25) is 0 Å². The molecule has 1 saturated heterocycles. The Morgan fingerprint density at radius 2 is 2.22 bits per heavy atom. The molecule has 2 amide bonds. The summed E-state index contributed by atoms with van der Waals surface area (Å²) in [7, 11) is 0. The van der Waals surface area contributed by atoms with Crippen LogP contribution in [-0.4, -0.2) is 38.4 Å². The first-order valence-electron chi connectivity index (χ1n) is 7.69. The van der Waals surface area contributed by atoms with E-state index in [-0.39, 0.29) is 17.9 Å². The Balaban J connectivity index is 1.76. The summed E-state index contributed by atoms with van der Waals surface area (Å²) in [6.45, 7) is 2.18. The third-order valence-electron chi connectivity index (χ3n) is 4.03. The predicted octanol–water partition coefficient (Wildman–Crippen LogP) is 2.77. The van der Waals surface area contributed by atoms with E-state index in [2.05, 4.69) is 20.5 Å².